The minimum absolute atomic E-state index is 0.189. The van der Waals surface area contributed by atoms with Crippen LogP contribution < -0.4 is 10.1 Å². The third kappa shape index (κ3) is 5.41. The van der Waals surface area contributed by atoms with Crippen LogP contribution in [-0.2, 0) is 4.79 Å². The number of carbonyl (C=O) groups excluding carboxylic acids is 1. The molecule has 0 aliphatic rings. The van der Waals surface area contributed by atoms with Crippen LogP contribution in [-0.4, -0.2) is 17.6 Å². The van der Waals surface area contributed by atoms with E-state index in [1.54, 1.807) is 42.7 Å². The molecular weight excluding hydrogens is 330 g/mol. The first-order valence-corrected chi connectivity index (χ1v) is 8.97. The van der Waals surface area contributed by atoms with E-state index in [4.69, 9.17) is 9.15 Å². The van der Waals surface area contributed by atoms with E-state index in [0.717, 1.165) is 24.9 Å². The minimum atomic E-state index is -0.373. The Balaban J connectivity index is 1.97. The van der Waals surface area contributed by atoms with E-state index in [-0.39, 0.29) is 17.5 Å². The first kappa shape index (κ1) is 19.6. The highest BCUT2D eigenvalue weighted by Crippen LogP contribution is 2.21. The molecule has 5 nitrogen and oxygen atoms in total. The van der Waals surface area contributed by atoms with Crippen molar-refractivity contribution in [1.29, 1.82) is 0 Å². The quantitative estimate of drug-likeness (QED) is 0.496. The molecule has 0 aliphatic heterocycles. The molecule has 140 valence electrons. The second kappa shape index (κ2) is 9.70. The zero-order chi connectivity index (χ0) is 18.9. The van der Waals surface area contributed by atoms with E-state index in [2.05, 4.69) is 19.2 Å². The van der Waals surface area contributed by atoms with Crippen LogP contribution in [0.25, 0.3) is 5.57 Å². The third-order valence-electron chi connectivity index (χ3n) is 4.17. The molecule has 2 atom stereocenters. The van der Waals surface area contributed by atoms with Crippen molar-refractivity contribution in [3.63, 3.8) is 0 Å². The summed E-state index contributed by atoms with van der Waals surface area (Å²) in [7, 11) is 0. The predicted molar refractivity (Wildman–Crippen MR) is 102 cm³/mol. The summed E-state index contributed by atoms with van der Waals surface area (Å²) in [5, 5.41) is 12.3. The smallest absolute Gasteiger partial charge is 0.255 e. The molecule has 1 heterocycles. The van der Waals surface area contributed by atoms with Gasteiger partial charge in [0.25, 0.3) is 5.91 Å². The number of furan rings is 1. The van der Waals surface area contributed by atoms with E-state index in [9.17, 15) is 9.90 Å². The Labute approximate surface area is 154 Å². The van der Waals surface area contributed by atoms with E-state index in [1.165, 1.54) is 0 Å². The van der Waals surface area contributed by atoms with Gasteiger partial charge in [-0.25, -0.2) is 0 Å². The normalized spacial score (nSPS) is 13.9. The third-order valence-corrected chi connectivity index (χ3v) is 4.17. The van der Waals surface area contributed by atoms with E-state index in [1.807, 2.05) is 6.92 Å². The summed E-state index contributed by atoms with van der Waals surface area (Å²) in [6.45, 7) is 6.80. The van der Waals surface area contributed by atoms with Gasteiger partial charge < -0.3 is 19.6 Å². The molecule has 1 aromatic heterocycles. The maximum absolute atomic E-state index is 12.4. The number of hydrogen-bond donors (Lipinski definition) is 2. The number of ether oxygens (including phenoxy) is 1. The number of rotatable bonds is 9. The SMILES string of the molecule is CCCC(C)COc1ccc(C(=CO)C(=O)N[C@H](C)c2ccco2)cc1. The standard InChI is InChI=1S/C21H27NO4/c1-4-6-15(2)14-26-18-10-8-17(9-11-18)19(13-23)21(24)22-16(3)20-7-5-12-25-20/h5,7-13,15-16,23H,4,6,14H2,1-3H3,(H,22,24)/t15?,16-/m1/s1. The zero-order valence-electron chi connectivity index (χ0n) is 15.6. The number of amides is 1. The fraction of sp³-hybridized carbons (Fsp3) is 0.381. The van der Waals surface area contributed by atoms with E-state index in [0.29, 0.717) is 23.8 Å². The molecular formula is C21H27NO4. The molecule has 2 N–H and O–H groups in total. The van der Waals surface area contributed by atoms with Gasteiger partial charge in [-0.3, -0.25) is 4.79 Å². The molecule has 2 aromatic rings. The van der Waals surface area contributed by atoms with Crippen molar-refractivity contribution in [1.82, 2.24) is 5.32 Å². The molecule has 0 saturated carbocycles. The zero-order valence-corrected chi connectivity index (χ0v) is 15.6. The minimum Gasteiger partial charge on any atom is -0.515 e. The van der Waals surface area contributed by atoms with Crippen LogP contribution in [0.5, 0.6) is 5.75 Å². The Bertz CT molecular complexity index is 704. The molecule has 1 aromatic carbocycles. The number of aliphatic hydroxyl groups is 1. The first-order chi connectivity index (χ1) is 12.5. The Hall–Kier alpha value is -2.69. The molecule has 5 heteroatoms. The average Bonchev–Trinajstić information content (AvgIpc) is 3.17. The summed E-state index contributed by atoms with van der Waals surface area (Å²) >= 11 is 0. The topological polar surface area (TPSA) is 71.7 Å². The molecule has 1 amide bonds. The molecule has 0 radical (unpaired) electrons. The number of aliphatic hydroxyl groups excluding tert-OH is 1. The fourth-order valence-corrected chi connectivity index (χ4v) is 2.69. The highest BCUT2D eigenvalue weighted by Gasteiger charge is 2.17. The Morgan fingerprint density at radius 1 is 1.27 bits per heavy atom. The Morgan fingerprint density at radius 3 is 2.58 bits per heavy atom. The van der Waals surface area contributed by atoms with Crippen molar-refractivity contribution in [2.24, 2.45) is 5.92 Å². The first-order valence-electron chi connectivity index (χ1n) is 8.97. The Kier molecular flexibility index (Phi) is 7.33. The van der Waals surface area contributed by atoms with Crippen LogP contribution in [0.15, 0.2) is 53.3 Å². The number of hydrogen-bond acceptors (Lipinski definition) is 4. The molecule has 26 heavy (non-hydrogen) atoms. The van der Waals surface area contributed by atoms with Gasteiger partial charge in [-0.05, 0) is 49.1 Å². The molecule has 0 aliphatic carbocycles. The lowest BCUT2D eigenvalue weighted by Crippen LogP contribution is -2.27. The van der Waals surface area contributed by atoms with Gasteiger partial charge in [0.15, 0.2) is 0 Å². The molecule has 1 unspecified atom stereocenters. The van der Waals surface area contributed by atoms with Crippen molar-refractivity contribution >= 4 is 11.5 Å². The van der Waals surface area contributed by atoms with Crippen molar-refractivity contribution in [3.05, 3.63) is 60.2 Å². The molecule has 2 rings (SSSR count). The van der Waals surface area contributed by atoms with Gasteiger partial charge in [-0.15, -0.1) is 0 Å². The molecule has 0 bridgehead atoms. The van der Waals surface area contributed by atoms with Crippen molar-refractivity contribution < 1.29 is 19.1 Å². The highest BCUT2D eigenvalue weighted by molar-refractivity contribution is 6.19. The van der Waals surface area contributed by atoms with Gasteiger partial charge in [0, 0.05) is 0 Å². The van der Waals surface area contributed by atoms with Gasteiger partial charge in [-0.2, -0.15) is 0 Å². The second-order valence-electron chi connectivity index (χ2n) is 6.48. The molecule has 0 spiro atoms. The van der Waals surface area contributed by atoms with Gasteiger partial charge in [0.05, 0.1) is 30.7 Å². The number of nitrogens with one attached hydrogen (secondary N) is 1. The van der Waals surface area contributed by atoms with Crippen LogP contribution >= 0.6 is 0 Å². The van der Waals surface area contributed by atoms with Gasteiger partial charge in [0.1, 0.15) is 11.5 Å². The van der Waals surface area contributed by atoms with Crippen LogP contribution in [0.3, 0.4) is 0 Å². The highest BCUT2D eigenvalue weighted by atomic mass is 16.5. The predicted octanol–water partition coefficient (Wildman–Crippen LogP) is 4.87. The Morgan fingerprint density at radius 2 is 2.00 bits per heavy atom. The maximum atomic E-state index is 12.4. The summed E-state index contributed by atoms with van der Waals surface area (Å²) in [6, 6.07) is 10.4. The summed E-state index contributed by atoms with van der Waals surface area (Å²) in [6.07, 6.45) is 4.65. The van der Waals surface area contributed by atoms with Gasteiger partial charge in [-0.1, -0.05) is 32.4 Å². The van der Waals surface area contributed by atoms with Crippen molar-refractivity contribution in [3.8, 4) is 5.75 Å². The summed E-state index contributed by atoms with van der Waals surface area (Å²) in [5.74, 6) is 1.53. The second-order valence-corrected chi connectivity index (χ2v) is 6.48. The van der Waals surface area contributed by atoms with Crippen molar-refractivity contribution in [2.45, 2.75) is 39.7 Å². The summed E-state index contributed by atoms with van der Waals surface area (Å²) in [4.78, 5) is 12.4. The number of carbonyl (C=O) groups is 1. The lowest BCUT2D eigenvalue weighted by Gasteiger charge is -2.14. The maximum Gasteiger partial charge on any atom is 0.255 e. The monoisotopic (exact) mass is 357 g/mol. The fourth-order valence-electron chi connectivity index (χ4n) is 2.69. The van der Waals surface area contributed by atoms with E-state index < -0.39 is 0 Å². The number of benzene rings is 1. The van der Waals surface area contributed by atoms with Crippen molar-refractivity contribution in [2.75, 3.05) is 6.61 Å². The summed E-state index contributed by atoms with van der Waals surface area (Å²) < 4.78 is 11.0. The lowest BCUT2D eigenvalue weighted by molar-refractivity contribution is -0.116. The molecule has 0 fully saturated rings. The van der Waals surface area contributed by atoms with Gasteiger partial charge in [0.2, 0.25) is 0 Å². The largest absolute Gasteiger partial charge is 0.515 e. The van der Waals surface area contributed by atoms with Crippen LogP contribution in [0.2, 0.25) is 0 Å². The van der Waals surface area contributed by atoms with Crippen LogP contribution in [0, 0.1) is 5.92 Å². The van der Waals surface area contributed by atoms with Crippen LogP contribution in [0.4, 0.5) is 0 Å². The lowest BCUT2D eigenvalue weighted by atomic mass is 10.1. The average molecular weight is 357 g/mol. The van der Waals surface area contributed by atoms with Gasteiger partial charge >= 0.3 is 0 Å². The summed E-state index contributed by atoms with van der Waals surface area (Å²) in [5.41, 5.74) is 0.805. The van der Waals surface area contributed by atoms with E-state index >= 15 is 0 Å². The van der Waals surface area contributed by atoms with Crippen LogP contribution in [0.1, 0.15) is 51.0 Å². The molecule has 0 saturated heterocycles.